The second kappa shape index (κ2) is 4.34. The van der Waals surface area contributed by atoms with Crippen molar-refractivity contribution in [2.45, 2.75) is 23.6 Å². The summed E-state index contributed by atoms with van der Waals surface area (Å²) in [5.41, 5.74) is -0.907. The summed E-state index contributed by atoms with van der Waals surface area (Å²) in [5, 5.41) is 8.94. The van der Waals surface area contributed by atoms with Crippen LogP contribution in [0.5, 0.6) is 0 Å². The summed E-state index contributed by atoms with van der Waals surface area (Å²) in [4.78, 5) is 3.64. The zero-order chi connectivity index (χ0) is 11.7. The topological polar surface area (TPSA) is 79.3 Å². The first kappa shape index (κ1) is 12.9. The Labute approximate surface area is 97.2 Å². The largest absolute Gasteiger partial charge is 0.394 e. The Balaban J connectivity index is 2.95. The number of aromatic nitrogens is 1. The van der Waals surface area contributed by atoms with Crippen LogP contribution >= 0.6 is 22.9 Å². The van der Waals surface area contributed by atoms with Gasteiger partial charge in [0.2, 0.25) is 0 Å². The first-order valence-electron chi connectivity index (χ1n) is 4.03. The zero-order valence-electron chi connectivity index (χ0n) is 8.19. The van der Waals surface area contributed by atoms with Gasteiger partial charge in [0, 0.05) is 0 Å². The maximum atomic E-state index is 11.7. The summed E-state index contributed by atoms with van der Waals surface area (Å²) in [6.45, 7) is 2.86. The molecule has 0 atom stereocenters. The minimum Gasteiger partial charge on any atom is -0.394 e. The van der Waals surface area contributed by atoms with E-state index in [1.165, 1.54) is 6.20 Å². The van der Waals surface area contributed by atoms with E-state index < -0.39 is 15.6 Å². The van der Waals surface area contributed by atoms with Gasteiger partial charge in [-0.25, -0.2) is 18.1 Å². The average Bonchev–Trinajstić information content (AvgIpc) is 2.51. The van der Waals surface area contributed by atoms with Crippen LogP contribution in [-0.2, 0) is 10.0 Å². The van der Waals surface area contributed by atoms with Crippen molar-refractivity contribution in [3.05, 3.63) is 10.7 Å². The zero-order valence-corrected chi connectivity index (χ0v) is 10.6. The summed E-state index contributed by atoms with van der Waals surface area (Å²) < 4.78 is 26.0. The van der Waals surface area contributed by atoms with Crippen LogP contribution < -0.4 is 4.72 Å². The van der Waals surface area contributed by atoms with Gasteiger partial charge in [0.25, 0.3) is 10.0 Å². The molecule has 0 radical (unpaired) electrons. The summed E-state index contributed by atoms with van der Waals surface area (Å²) in [6, 6.07) is 0. The molecule has 2 N–H and O–H groups in total. The van der Waals surface area contributed by atoms with Crippen molar-refractivity contribution in [1.29, 1.82) is 0 Å². The maximum absolute atomic E-state index is 11.7. The Kier molecular flexibility index (Phi) is 3.72. The third-order valence-corrected chi connectivity index (χ3v) is 4.80. The molecule has 0 saturated heterocycles. The lowest BCUT2D eigenvalue weighted by molar-refractivity contribution is 0.208. The normalized spacial score (nSPS) is 13.1. The number of rotatable bonds is 4. The molecule has 0 aliphatic carbocycles. The molecule has 0 aliphatic rings. The second-order valence-corrected chi connectivity index (χ2v) is 7.10. The molecule has 1 heterocycles. The molecule has 0 saturated carbocycles. The monoisotopic (exact) mass is 270 g/mol. The van der Waals surface area contributed by atoms with Gasteiger partial charge < -0.3 is 5.11 Å². The molecule has 86 valence electrons. The third-order valence-electron chi connectivity index (χ3n) is 1.53. The van der Waals surface area contributed by atoms with Crippen molar-refractivity contribution in [2.75, 3.05) is 6.61 Å². The van der Waals surface area contributed by atoms with Crippen LogP contribution in [0.4, 0.5) is 0 Å². The van der Waals surface area contributed by atoms with E-state index in [0.717, 1.165) is 11.3 Å². The highest BCUT2D eigenvalue weighted by atomic mass is 35.5. The van der Waals surface area contributed by atoms with E-state index in [4.69, 9.17) is 16.7 Å². The fraction of sp³-hybridized carbons (Fsp3) is 0.571. The van der Waals surface area contributed by atoms with E-state index in [2.05, 4.69) is 9.71 Å². The number of nitrogens with zero attached hydrogens (tertiary/aromatic N) is 1. The molecule has 1 aromatic heterocycles. The van der Waals surface area contributed by atoms with Gasteiger partial charge in [-0.3, -0.25) is 0 Å². The van der Waals surface area contributed by atoms with Crippen LogP contribution in [-0.4, -0.2) is 30.7 Å². The third kappa shape index (κ3) is 3.39. The van der Waals surface area contributed by atoms with Gasteiger partial charge in [0.15, 0.2) is 8.68 Å². The molecule has 1 rings (SSSR count). The van der Waals surface area contributed by atoms with E-state index in [-0.39, 0.29) is 15.3 Å². The minimum atomic E-state index is -3.65. The van der Waals surface area contributed by atoms with Crippen LogP contribution in [0.3, 0.4) is 0 Å². The van der Waals surface area contributed by atoms with E-state index >= 15 is 0 Å². The van der Waals surface area contributed by atoms with Gasteiger partial charge in [-0.15, -0.1) is 0 Å². The summed E-state index contributed by atoms with van der Waals surface area (Å²) in [6.07, 6.45) is 1.18. The number of thiazole rings is 1. The fourth-order valence-corrected chi connectivity index (χ4v) is 3.51. The van der Waals surface area contributed by atoms with E-state index in [0.29, 0.717) is 0 Å². The molecule has 5 nitrogen and oxygen atoms in total. The average molecular weight is 271 g/mol. The highest BCUT2D eigenvalue weighted by Gasteiger charge is 2.26. The van der Waals surface area contributed by atoms with E-state index in [1.807, 2.05) is 0 Å². The molecular weight excluding hydrogens is 260 g/mol. The lowest BCUT2D eigenvalue weighted by Gasteiger charge is -2.22. The minimum absolute atomic E-state index is 0.0361. The van der Waals surface area contributed by atoms with Crippen molar-refractivity contribution in [3.8, 4) is 0 Å². The molecule has 0 amide bonds. The Hall–Kier alpha value is -0.210. The van der Waals surface area contributed by atoms with Crippen molar-refractivity contribution in [3.63, 3.8) is 0 Å². The lowest BCUT2D eigenvalue weighted by Crippen LogP contribution is -2.45. The number of sulfonamides is 1. The van der Waals surface area contributed by atoms with Crippen molar-refractivity contribution < 1.29 is 13.5 Å². The number of hydrogen-bond donors (Lipinski definition) is 2. The first-order chi connectivity index (χ1) is 6.77. The number of nitrogens with one attached hydrogen (secondary N) is 1. The molecule has 15 heavy (non-hydrogen) atoms. The van der Waals surface area contributed by atoms with E-state index in [1.54, 1.807) is 13.8 Å². The van der Waals surface area contributed by atoms with Crippen LogP contribution in [0, 0.1) is 0 Å². The Morgan fingerprint density at radius 2 is 2.27 bits per heavy atom. The standard InChI is InChI=1S/C7H11ClN2O3S2/c1-7(2,4-11)10-15(12,13)5-3-9-6(8)14-5/h3,10-11H,4H2,1-2H3. The van der Waals surface area contributed by atoms with Crippen LogP contribution in [0.25, 0.3) is 0 Å². The molecule has 0 aromatic carbocycles. The molecule has 0 unspecified atom stereocenters. The Morgan fingerprint density at radius 1 is 1.67 bits per heavy atom. The first-order valence-corrected chi connectivity index (χ1v) is 6.71. The van der Waals surface area contributed by atoms with E-state index in [9.17, 15) is 8.42 Å². The number of aliphatic hydroxyl groups is 1. The smallest absolute Gasteiger partial charge is 0.252 e. The maximum Gasteiger partial charge on any atom is 0.252 e. The Bertz CT molecular complexity index is 441. The van der Waals surface area contributed by atoms with Gasteiger partial charge in [-0.2, -0.15) is 0 Å². The molecule has 0 fully saturated rings. The summed E-state index contributed by atoms with van der Waals surface area (Å²) >= 11 is 6.41. The van der Waals surface area contributed by atoms with Crippen LogP contribution in [0.15, 0.2) is 10.4 Å². The van der Waals surface area contributed by atoms with Crippen LogP contribution in [0.2, 0.25) is 4.47 Å². The quantitative estimate of drug-likeness (QED) is 0.850. The van der Waals surface area contributed by atoms with Gasteiger partial charge in [-0.1, -0.05) is 22.9 Å². The molecule has 8 heteroatoms. The second-order valence-electron chi connectivity index (χ2n) is 3.58. The summed E-state index contributed by atoms with van der Waals surface area (Å²) in [5.74, 6) is 0. The van der Waals surface area contributed by atoms with Gasteiger partial charge >= 0.3 is 0 Å². The van der Waals surface area contributed by atoms with Gasteiger partial charge in [0.1, 0.15) is 0 Å². The highest BCUT2D eigenvalue weighted by Crippen LogP contribution is 2.23. The van der Waals surface area contributed by atoms with Crippen molar-refractivity contribution in [2.24, 2.45) is 0 Å². The molecule has 0 bridgehead atoms. The van der Waals surface area contributed by atoms with Crippen molar-refractivity contribution >= 4 is 33.0 Å². The molecule has 0 spiro atoms. The predicted molar refractivity (Wildman–Crippen MR) is 58.6 cm³/mol. The Morgan fingerprint density at radius 3 is 2.67 bits per heavy atom. The fourth-order valence-electron chi connectivity index (χ4n) is 0.810. The number of hydrogen-bond acceptors (Lipinski definition) is 5. The van der Waals surface area contributed by atoms with Crippen LogP contribution in [0.1, 0.15) is 13.8 Å². The summed E-state index contributed by atoms with van der Waals surface area (Å²) in [7, 11) is -3.65. The number of aliphatic hydroxyl groups excluding tert-OH is 1. The SMILES string of the molecule is CC(C)(CO)NS(=O)(=O)c1cnc(Cl)s1. The molecular formula is C7H11ClN2O3S2. The molecule has 0 aliphatic heterocycles. The van der Waals surface area contributed by atoms with Crippen molar-refractivity contribution in [1.82, 2.24) is 9.71 Å². The molecule has 1 aromatic rings. The van der Waals surface area contributed by atoms with Gasteiger partial charge in [0.05, 0.1) is 18.3 Å². The van der Waals surface area contributed by atoms with Gasteiger partial charge in [-0.05, 0) is 13.8 Å². The highest BCUT2D eigenvalue weighted by molar-refractivity contribution is 7.91. The predicted octanol–water partition coefficient (Wildman–Crippen LogP) is 0.846. The lowest BCUT2D eigenvalue weighted by atomic mass is 10.1. The number of halogens is 1.